The maximum absolute atomic E-state index is 5.51. The van der Waals surface area contributed by atoms with Gasteiger partial charge in [-0.3, -0.25) is 4.99 Å². The third-order valence-corrected chi connectivity index (χ3v) is 3.12. The van der Waals surface area contributed by atoms with Gasteiger partial charge in [0.1, 0.15) is 19.0 Å². The van der Waals surface area contributed by atoms with E-state index in [0.717, 1.165) is 21.7 Å². The zero-order chi connectivity index (χ0) is 12.4. The summed E-state index contributed by atoms with van der Waals surface area (Å²) < 4.78 is 17.0. The first kappa shape index (κ1) is 11.3. The smallest absolute Gasteiger partial charge is 0.163 e. The normalized spacial score (nSPS) is 14.1. The first-order chi connectivity index (χ1) is 8.83. The van der Waals surface area contributed by atoms with E-state index < -0.39 is 0 Å². The van der Waals surface area contributed by atoms with Crippen molar-refractivity contribution in [3.63, 3.8) is 0 Å². The van der Waals surface area contributed by atoms with Crippen LogP contribution in [-0.2, 0) is 0 Å². The number of hydrogen-bond donors (Lipinski definition) is 0. The summed E-state index contributed by atoms with van der Waals surface area (Å²) in [7, 11) is 0. The first-order valence-electron chi connectivity index (χ1n) is 5.49. The summed E-state index contributed by atoms with van der Waals surface area (Å²) in [6, 6.07) is 7.37. The zero-order valence-electron chi connectivity index (χ0n) is 9.43. The molecule has 4 nitrogen and oxygen atoms in total. The molecule has 0 N–H and O–H groups in total. The molecule has 1 aromatic heterocycles. The SMILES string of the molecule is Brc1cc2c(cc1N=Cc1ccco1)OCCO2. The minimum atomic E-state index is 0.565. The van der Waals surface area contributed by atoms with Crippen LogP contribution in [-0.4, -0.2) is 19.4 Å². The lowest BCUT2D eigenvalue weighted by Crippen LogP contribution is -2.15. The van der Waals surface area contributed by atoms with Crippen LogP contribution in [0.4, 0.5) is 5.69 Å². The molecule has 0 radical (unpaired) electrons. The summed E-state index contributed by atoms with van der Waals surface area (Å²) in [5.41, 5.74) is 0.774. The second-order valence-electron chi connectivity index (χ2n) is 3.72. The molecule has 0 bridgehead atoms. The molecule has 3 rings (SSSR count). The van der Waals surface area contributed by atoms with Gasteiger partial charge in [0.05, 0.1) is 18.2 Å². The van der Waals surface area contributed by atoms with Crippen molar-refractivity contribution in [2.45, 2.75) is 0 Å². The predicted octanol–water partition coefficient (Wildman–Crippen LogP) is 3.56. The quantitative estimate of drug-likeness (QED) is 0.797. The highest BCUT2D eigenvalue weighted by atomic mass is 79.9. The number of benzene rings is 1. The summed E-state index contributed by atoms with van der Waals surface area (Å²) in [5, 5.41) is 0. The molecule has 0 atom stereocenters. The van der Waals surface area contributed by atoms with Gasteiger partial charge in [0, 0.05) is 16.6 Å². The summed E-state index contributed by atoms with van der Waals surface area (Å²) in [5.74, 6) is 2.16. The summed E-state index contributed by atoms with van der Waals surface area (Å²) in [4.78, 5) is 4.36. The number of hydrogen-bond acceptors (Lipinski definition) is 4. The van der Waals surface area contributed by atoms with Crippen molar-refractivity contribution in [1.82, 2.24) is 0 Å². The zero-order valence-corrected chi connectivity index (χ0v) is 11.0. The van der Waals surface area contributed by atoms with E-state index >= 15 is 0 Å². The molecule has 1 aliphatic rings. The predicted molar refractivity (Wildman–Crippen MR) is 71.1 cm³/mol. The number of aliphatic imine (C=N–C) groups is 1. The summed E-state index contributed by atoms with van der Waals surface area (Å²) in [6.45, 7) is 1.14. The van der Waals surface area contributed by atoms with Crippen LogP contribution in [0.5, 0.6) is 11.5 Å². The van der Waals surface area contributed by atoms with E-state index in [1.165, 1.54) is 0 Å². The van der Waals surface area contributed by atoms with Crippen molar-refractivity contribution < 1.29 is 13.9 Å². The van der Waals surface area contributed by atoms with Crippen LogP contribution in [0.2, 0.25) is 0 Å². The van der Waals surface area contributed by atoms with Crippen LogP contribution in [0.25, 0.3) is 0 Å². The lowest BCUT2D eigenvalue weighted by Gasteiger charge is -2.18. The highest BCUT2D eigenvalue weighted by Gasteiger charge is 2.14. The molecule has 0 fully saturated rings. The number of ether oxygens (including phenoxy) is 2. The van der Waals surface area contributed by atoms with Gasteiger partial charge in [0.25, 0.3) is 0 Å². The van der Waals surface area contributed by atoms with Crippen molar-refractivity contribution in [3.05, 3.63) is 40.8 Å². The van der Waals surface area contributed by atoms with Crippen LogP contribution in [0.1, 0.15) is 5.76 Å². The van der Waals surface area contributed by atoms with E-state index in [2.05, 4.69) is 20.9 Å². The second kappa shape index (κ2) is 4.86. The Labute approximate surface area is 112 Å². The first-order valence-corrected chi connectivity index (χ1v) is 6.29. The van der Waals surface area contributed by atoms with E-state index in [-0.39, 0.29) is 0 Å². The lowest BCUT2D eigenvalue weighted by molar-refractivity contribution is 0.171. The van der Waals surface area contributed by atoms with E-state index in [1.807, 2.05) is 24.3 Å². The van der Waals surface area contributed by atoms with Crippen molar-refractivity contribution in [2.24, 2.45) is 4.99 Å². The minimum Gasteiger partial charge on any atom is -0.486 e. The lowest BCUT2D eigenvalue weighted by atomic mass is 10.2. The van der Waals surface area contributed by atoms with Gasteiger partial charge >= 0.3 is 0 Å². The van der Waals surface area contributed by atoms with Gasteiger partial charge in [0.15, 0.2) is 11.5 Å². The molecule has 5 heteroatoms. The number of fused-ring (bicyclic) bond motifs is 1. The average Bonchev–Trinajstić information content (AvgIpc) is 2.89. The maximum atomic E-state index is 5.51. The van der Waals surface area contributed by atoms with Crippen molar-refractivity contribution >= 4 is 27.8 Å². The third-order valence-electron chi connectivity index (χ3n) is 2.49. The molecule has 0 spiro atoms. The van der Waals surface area contributed by atoms with Crippen LogP contribution in [0.3, 0.4) is 0 Å². The number of halogens is 1. The molecular formula is C13H10BrNO3. The number of furan rings is 1. The van der Waals surface area contributed by atoms with E-state index in [9.17, 15) is 0 Å². The van der Waals surface area contributed by atoms with E-state index in [0.29, 0.717) is 19.0 Å². The Morgan fingerprint density at radius 1 is 1.17 bits per heavy atom. The van der Waals surface area contributed by atoms with Crippen molar-refractivity contribution in [3.8, 4) is 11.5 Å². The van der Waals surface area contributed by atoms with Crippen LogP contribution >= 0.6 is 15.9 Å². The molecule has 0 saturated heterocycles. The molecule has 1 aliphatic heterocycles. The Balaban J connectivity index is 1.92. The van der Waals surface area contributed by atoms with E-state index in [4.69, 9.17) is 13.9 Å². The van der Waals surface area contributed by atoms with Gasteiger partial charge < -0.3 is 13.9 Å². The fourth-order valence-electron chi connectivity index (χ4n) is 1.65. The minimum absolute atomic E-state index is 0.565. The van der Waals surface area contributed by atoms with Crippen molar-refractivity contribution in [1.29, 1.82) is 0 Å². The topological polar surface area (TPSA) is 44.0 Å². The molecule has 0 aliphatic carbocycles. The highest BCUT2D eigenvalue weighted by Crippen LogP contribution is 2.39. The molecule has 2 heterocycles. The molecular weight excluding hydrogens is 298 g/mol. The molecule has 0 saturated carbocycles. The fourth-order valence-corrected chi connectivity index (χ4v) is 2.07. The van der Waals surface area contributed by atoms with Crippen LogP contribution in [0, 0.1) is 0 Å². The molecule has 92 valence electrons. The average molecular weight is 308 g/mol. The summed E-state index contributed by atoms with van der Waals surface area (Å²) >= 11 is 3.46. The van der Waals surface area contributed by atoms with Gasteiger partial charge in [0.2, 0.25) is 0 Å². The standard InChI is InChI=1S/C13H10BrNO3/c14-10-6-12-13(18-5-4-17-12)7-11(10)15-8-9-2-1-3-16-9/h1-3,6-8H,4-5H2. The Hall–Kier alpha value is -1.75. The molecule has 18 heavy (non-hydrogen) atoms. The molecule has 2 aromatic rings. The second-order valence-corrected chi connectivity index (χ2v) is 4.58. The Morgan fingerprint density at radius 2 is 1.94 bits per heavy atom. The van der Waals surface area contributed by atoms with Gasteiger partial charge in [-0.2, -0.15) is 0 Å². The van der Waals surface area contributed by atoms with E-state index in [1.54, 1.807) is 12.5 Å². The Bertz CT molecular complexity index is 578. The Kier molecular flexibility index (Phi) is 3.06. The maximum Gasteiger partial charge on any atom is 0.163 e. The largest absolute Gasteiger partial charge is 0.486 e. The Morgan fingerprint density at radius 3 is 2.67 bits per heavy atom. The molecule has 0 amide bonds. The van der Waals surface area contributed by atoms with Crippen LogP contribution in [0.15, 0.2) is 44.4 Å². The number of rotatable bonds is 2. The van der Waals surface area contributed by atoms with Crippen molar-refractivity contribution in [2.75, 3.05) is 13.2 Å². The van der Waals surface area contributed by atoms with Crippen LogP contribution < -0.4 is 9.47 Å². The number of nitrogens with zero attached hydrogens (tertiary/aromatic N) is 1. The molecule has 1 aromatic carbocycles. The summed E-state index contributed by atoms with van der Waals surface area (Å²) in [6.07, 6.45) is 3.27. The monoisotopic (exact) mass is 307 g/mol. The van der Waals surface area contributed by atoms with Gasteiger partial charge in [-0.1, -0.05) is 0 Å². The highest BCUT2D eigenvalue weighted by molar-refractivity contribution is 9.10. The van der Waals surface area contributed by atoms with Gasteiger partial charge in [-0.05, 0) is 28.1 Å². The molecule has 0 unspecified atom stereocenters. The van der Waals surface area contributed by atoms with Gasteiger partial charge in [-0.15, -0.1) is 0 Å². The van der Waals surface area contributed by atoms with Gasteiger partial charge in [-0.25, -0.2) is 0 Å². The third kappa shape index (κ3) is 2.26. The fraction of sp³-hybridized carbons (Fsp3) is 0.154.